The Morgan fingerprint density at radius 2 is 1.52 bits per heavy atom. The number of hydrogen-bond acceptors (Lipinski definition) is 2. The molecular formula is C19H14Cl2N2OS. The van der Waals surface area contributed by atoms with Crippen LogP contribution in [0.4, 0.5) is 16.2 Å². The number of para-hydroxylation sites is 1. The number of rotatable bonds is 4. The molecule has 0 aliphatic carbocycles. The van der Waals surface area contributed by atoms with Crippen LogP contribution in [0.25, 0.3) is 0 Å². The number of anilines is 2. The van der Waals surface area contributed by atoms with Gasteiger partial charge in [-0.2, -0.15) is 0 Å². The van der Waals surface area contributed by atoms with E-state index in [2.05, 4.69) is 10.6 Å². The van der Waals surface area contributed by atoms with E-state index in [0.29, 0.717) is 15.7 Å². The van der Waals surface area contributed by atoms with Crippen LogP contribution in [0, 0.1) is 0 Å². The van der Waals surface area contributed by atoms with Gasteiger partial charge in [-0.1, -0.05) is 65.3 Å². The third-order valence-corrected chi connectivity index (χ3v) is 5.11. The lowest BCUT2D eigenvalue weighted by molar-refractivity contribution is 0.262. The second-order valence-corrected chi connectivity index (χ2v) is 7.05. The van der Waals surface area contributed by atoms with Gasteiger partial charge in [-0.25, -0.2) is 4.79 Å². The van der Waals surface area contributed by atoms with Crippen molar-refractivity contribution in [2.45, 2.75) is 9.79 Å². The molecule has 3 nitrogen and oxygen atoms in total. The summed E-state index contributed by atoms with van der Waals surface area (Å²) in [4.78, 5) is 14.3. The van der Waals surface area contributed by atoms with Crippen molar-refractivity contribution in [3.05, 3.63) is 82.8 Å². The number of nitrogens with one attached hydrogen (secondary N) is 2. The molecule has 3 rings (SSSR count). The maximum absolute atomic E-state index is 12.3. The summed E-state index contributed by atoms with van der Waals surface area (Å²) in [5.74, 6) is 0. The van der Waals surface area contributed by atoms with E-state index in [4.69, 9.17) is 23.2 Å². The summed E-state index contributed by atoms with van der Waals surface area (Å²) in [6.07, 6.45) is 0. The van der Waals surface area contributed by atoms with Crippen molar-refractivity contribution in [2.75, 3.05) is 10.6 Å². The minimum absolute atomic E-state index is 0.348. The molecule has 0 saturated carbocycles. The maximum atomic E-state index is 12.3. The van der Waals surface area contributed by atoms with Crippen LogP contribution in [0.2, 0.25) is 10.0 Å². The van der Waals surface area contributed by atoms with Gasteiger partial charge in [-0.15, -0.1) is 0 Å². The predicted octanol–water partition coefficient (Wildman–Crippen LogP) is 6.79. The normalized spacial score (nSPS) is 10.3. The quantitative estimate of drug-likeness (QED) is 0.516. The SMILES string of the molecule is O=C(Nc1ccc(Cl)c(Cl)c1)Nc1ccccc1Sc1ccccc1. The monoisotopic (exact) mass is 388 g/mol. The highest BCUT2D eigenvalue weighted by molar-refractivity contribution is 7.99. The van der Waals surface area contributed by atoms with Crippen LogP contribution >= 0.6 is 35.0 Å². The predicted molar refractivity (Wildman–Crippen MR) is 106 cm³/mol. The lowest BCUT2D eigenvalue weighted by atomic mass is 10.3. The number of carbonyl (C=O) groups excluding carboxylic acids is 1. The molecule has 0 aromatic heterocycles. The Labute approximate surface area is 160 Å². The van der Waals surface area contributed by atoms with E-state index in [-0.39, 0.29) is 6.03 Å². The minimum Gasteiger partial charge on any atom is -0.308 e. The van der Waals surface area contributed by atoms with E-state index >= 15 is 0 Å². The molecule has 3 aromatic rings. The summed E-state index contributed by atoms with van der Waals surface area (Å²) in [5, 5.41) is 6.44. The second kappa shape index (κ2) is 8.30. The maximum Gasteiger partial charge on any atom is 0.323 e. The Morgan fingerprint density at radius 3 is 2.28 bits per heavy atom. The number of amides is 2. The molecule has 0 spiro atoms. The van der Waals surface area contributed by atoms with Crippen molar-refractivity contribution in [1.82, 2.24) is 0 Å². The fourth-order valence-electron chi connectivity index (χ4n) is 2.13. The number of benzene rings is 3. The van der Waals surface area contributed by atoms with Gasteiger partial charge in [-0.3, -0.25) is 0 Å². The summed E-state index contributed by atoms with van der Waals surface area (Å²) < 4.78 is 0. The highest BCUT2D eigenvalue weighted by atomic mass is 35.5. The van der Waals surface area contributed by atoms with Gasteiger partial charge in [0.1, 0.15) is 0 Å². The fraction of sp³-hybridized carbons (Fsp3) is 0. The highest BCUT2D eigenvalue weighted by Gasteiger charge is 2.09. The number of urea groups is 1. The van der Waals surface area contributed by atoms with Gasteiger partial charge in [0, 0.05) is 15.5 Å². The average Bonchev–Trinajstić information content (AvgIpc) is 2.61. The molecule has 2 N–H and O–H groups in total. The zero-order valence-electron chi connectivity index (χ0n) is 13.0. The van der Waals surface area contributed by atoms with Crippen molar-refractivity contribution in [3.8, 4) is 0 Å². The lowest BCUT2D eigenvalue weighted by Gasteiger charge is -2.12. The number of halogens is 2. The summed E-state index contributed by atoms with van der Waals surface area (Å²) in [5.41, 5.74) is 1.30. The molecule has 0 bridgehead atoms. The Bertz CT molecular complexity index is 888. The first-order valence-electron chi connectivity index (χ1n) is 7.47. The van der Waals surface area contributed by atoms with Gasteiger partial charge in [0.25, 0.3) is 0 Å². The molecule has 0 aliphatic rings. The van der Waals surface area contributed by atoms with Gasteiger partial charge in [0.15, 0.2) is 0 Å². The van der Waals surface area contributed by atoms with Gasteiger partial charge in [0.05, 0.1) is 15.7 Å². The van der Waals surface area contributed by atoms with E-state index in [0.717, 1.165) is 15.5 Å². The average molecular weight is 389 g/mol. The molecule has 6 heteroatoms. The first-order chi connectivity index (χ1) is 12.1. The van der Waals surface area contributed by atoms with Gasteiger partial charge in [0.2, 0.25) is 0 Å². The van der Waals surface area contributed by atoms with Crippen LogP contribution in [-0.4, -0.2) is 6.03 Å². The lowest BCUT2D eigenvalue weighted by Crippen LogP contribution is -2.19. The molecule has 25 heavy (non-hydrogen) atoms. The topological polar surface area (TPSA) is 41.1 Å². The van der Waals surface area contributed by atoms with E-state index in [1.54, 1.807) is 30.0 Å². The molecular weight excluding hydrogens is 375 g/mol. The van der Waals surface area contributed by atoms with Crippen molar-refractivity contribution in [1.29, 1.82) is 0 Å². The van der Waals surface area contributed by atoms with Crippen LogP contribution in [-0.2, 0) is 0 Å². The first kappa shape index (κ1) is 17.7. The van der Waals surface area contributed by atoms with E-state index in [1.807, 2.05) is 54.6 Å². The molecule has 0 fully saturated rings. The number of carbonyl (C=O) groups is 1. The van der Waals surface area contributed by atoms with Crippen molar-refractivity contribution < 1.29 is 4.79 Å². The Kier molecular flexibility index (Phi) is 5.87. The van der Waals surface area contributed by atoms with Crippen LogP contribution in [0.1, 0.15) is 0 Å². The number of hydrogen-bond donors (Lipinski definition) is 2. The van der Waals surface area contributed by atoms with E-state index in [1.165, 1.54) is 0 Å². The third kappa shape index (κ3) is 4.92. The van der Waals surface area contributed by atoms with Crippen molar-refractivity contribution in [2.24, 2.45) is 0 Å². The molecule has 0 atom stereocenters. The van der Waals surface area contributed by atoms with Crippen LogP contribution in [0.15, 0.2) is 82.6 Å². The minimum atomic E-state index is -0.348. The Balaban J connectivity index is 1.72. The summed E-state index contributed by atoms with van der Waals surface area (Å²) in [6, 6.07) is 22.2. The van der Waals surface area contributed by atoms with Crippen LogP contribution in [0.3, 0.4) is 0 Å². The zero-order valence-corrected chi connectivity index (χ0v) is 15.3. The second-order valence-electron chi connectivity index (χ2n) is 5.12. The molecule has 0 radical (unpaired) electrons. The summed E-state index contributed by atoms with van der Waals surface area (Å²) >= 11 is 13.4. The van der Waals surface area contributed by atoms with Crippen LogP contribution in [0.5, 0.6) is 0 Å². The largest absolute Gasteiger partial charge is 0.323 e. The van der Waals surface area contributed by atoms with Crippen molar-refractivity contribution in [3.63, 3.8) is 0 Å². The van der Waals surface area contributed by atoms with E-state index < -0.39 is 0 Å². The van der Waals surface area contributed by atoms with Crippen molar-refractivity contribution >= 4 is 52.4 Å². The standard InChI is InChI=1S/C19H14Cl2N2OS/c20-15-11-10-13(12-16(15)21)22-19(24)23-17-8-4-5-9-18(17)25-14-6-2-1-3-7-14/h1-12H,(H2,22,23,24). The third-order valence-electron chi connectivity index (χ3n) is 3.28. The molecule has 0 unspecified atom stereocenters. The molecule has 0 saturated heterocycles. The Hall–Kier alpha value is -2.14. The fourth-order valence-corrected chi connectivity index (χ4v) is 3.35. The molecule has 0 heterocycles. The molecule has 3 aromatic carbocycles. The smallest absolute Gasteiger partial charge is 0.308 e. The zero-order chi connectivity index (χ0) is 17.6. The van der Waals surface area contributed by atoms with E-state index in [9.17, 15) is 4.79 Å². The summed E-state index contributed by atoms with van der Waals surface area (Å²) in [7, 11) is 0. The van der Waals surface area contributed by atoms with Gasteiger partial charge in [-0.05, 0) is 42.5 Å². The molecule has 126 valence electrons. The van der Waals surface area contributed by atoms with Crippen LogP contribution < -0.4 is 10.6 Å². The molecule has 0 aliphatic heterocycles. The Morgan fingerprint density at radius 1 is 0.800 bits per heavy atom. The summed E-state index contributed by atoms with van der Waals surface area (Å²) in [6.45, 7) is 0. The highest BCUT2D eigenvalue weighted by Crippen LogP contribution is 2.33. The molecule has 2 amide bonds. The van der Waals surface area contributed by atoms with Gasteiger partial charge >= 0.3 is 6.03 Å². The van der Waals surface area contributed by atoms with Gasteiger partial charge < -0.3 is 10.6 Å². The first-order valence-corrected chi connectivity index (χ1v) is 9.04.